The Labute approximate surface area is 200 Å². The van der Waals surface area contributed by atoms with Gasteiger partial charge in [0.1, 0.15) is 18.1 Å². The molecular formula is C25H22FN7O2. The SMILES string of the molecule is O=C(Cn1nc(-c2ccc(F)cc2)ccc1=O)N1CCN(c2ccc(-c3ccccn3)nn2)CC1. The van der Waals surface area contributed by atoms with Gasteiger partial charge in [-0.2, -0.15) is 5.10 Å². The van der Waals surface area contributed by atoms with Gasteiger partial charge in [-0.1, -0.05) is 6.07 Å². The molecule has 0 aliphatic carbocycles. The highest BCUT2D eigenvalue weighted by atomic mass is 19.1. The highest BCUT2D eigenvalue weighted by molar-refractivity contribution is 5.76. The second kappa shape index (κ2) is 9.80. The Kier molecular flexibility index (Phi) is 6.25. The highest BCUT2D eigenvalue weighted by Crippen LogP contribution is 2.18. The van der Waals surface area contributed by atoms with Crippen molar-refractivity contribution in [1.82, 2.24) is 29.9 Å². The number of aromatic nitrogens is 5. The Balaban J connectivity index is 1.21. The summed E-state index contributed by atoms with van der Waals surface area (Å²) in [5.41, 5.74) is 2.25. The molecule has 0 saturated carbocycles. The molecule has 0 radical (unpaired) electrons. The van der Waals surface area contributed by atoms with Gasteiger partial charge >= 0.3 is 0 Å². The molecule has 10 heteroatoms. The quantitative estimate of drug-likeness (QED) is 0.440. The lowest BCUT2D eigenvalue weighted by molar-refractivity contribution is -0.132. The lowest BCUT2D eigenvalue weighted by atomic mass is 10.1. The van der Waals surface area contributed by atoms with Gasteiger partial charge in [-0.3, -0.25) is 14.6 Å². The van der Waals surface area contributed by atoms with Gasteiger partial charge in [0.15, 0.2) is 5.82 Å². The van der Waals surface area contributed by atoms with Crippen LogP contribution in [0.15, 0.2) is 77.7 Å². The molecule has 0 atom stereocenters. The van der Waals surface area contributed by atoms with Crippen LogP contribution in [0, 0.1) is 5.82 Å². The molecule has 9 nitrogen and oxygen atoms in total. The van der Waals surface area contributed by atoms with Crippen molar-refractivity contribution in [2.45, 2.75) is 6.54 Å². The number of nitrogens with zero attached hydrogens (tertiary/aromatic N) is 7. The number of benzene rings is 1. The van der Waals surface area contributed by atoms with Crippen LogP contribution in [0.1, 0.15) is 0 Å². The van der Waals surface area contributed by atoms with Gasteiger partial charge in [0.2, 0.25) is 5.91 Å². The minimum absolute atomic E-state index is 0.160. The van der Waals surface area contributed by atoms with E-state index in [1.165, 1.54) is 18.2 Å². The molecule has 5 rings (SSSR count). The minimum Gasteiger partial charge on any atom is -0.352 e. The third-order valence-corrected chi connectivity index (χ3v) is 5.83. The number of carbonyl (C=O) groups excluding carboxylic acids is 1. The topological polar surface area (TPSA) is 97.1 Å². The maximum absolute atomic E-state index is 13.2. The molecule has 1 aliphatic rings. The van der Waals surface area contributed by atoms with Gasteiger partial charge in [-0.15, -0.1) is 10.2 Å². The number of rotatable bonds is 5. The van der Waals surface area contributed by atoms with E-state index < -0.39 is 0 Å². The molecule has 35 heavy (non-hydrogen) atoms. The lowest BCUT2D eigenvalue weighted by Gasteiger charge is -2.35. The summed E-state index contributed by atoms with van der Waals surface area (Å²) in [5, 5.41) is 12.9. The average molecular weight is 471 g/mol. The fourth-order valence-corrected chi connectivity index (χ4v) is 3.89. The van der Waals surface area contributed by atoms with Crippen molar-refractivity contribution in [3.05, 3.63) is 89.1 Å². The standard InChI is InChI=1S/C25H22FN7O2/c26-19-6-4-18(5-7-19)20-9-11-24(34)33(30-20)17-25(35)32-15-13-31(14-16-32)23-10-8-22(28-29-23)21-3-1-2-12-27-21/h1-12H,13-17H2. The molecule has 3 aromatic heterocycles. The van der Waals surface area contributed by atoms with Crippen molar-refractivity contribution in [2.75, 3.05) is 31.1 Å². The van der Waals surface area contributed by atoms with Crippen LogP contribution in [-0.4, -0.2) is 61.9 Å². The van der Waals surface area contributed by atoms with Gasteiger partial charge in [0.25, 0.3) is 5.56 Å². The van der Waals surface area contributed by atoms with E-state index in [-0.39, 0.29) is 23.8 Å². The van der Waals surface area contributed by atoms with Crippen molar-refractivity contribution in [1.29, 1.82) is 0 Å². The number of carbonyl (C=O) groups is 1. The Morgan fingerprint density at radius 2 is 1.60 bits per heavy atom. The number of anilines is 1. The zero-order valence-electron chi connectivity index (χ0n) is 18.8. The molecule has 1 aliphatic heterocycles. The summed E-state index contributed by atoms with van der Waals surface area (Å²) >= 11 is 0. The van der Waals surface area contributed by atoms with Crippen LogP contribution in [-0.2, 0) is 11.3 Å². The van der Waals surface area contributed by atoms with Crippen molar-refractivity contribution in [3.8, 4) is 22.6 Å². The van der Waals surface area contributed by atoms with E-state index in [4.69, 9.17) is 0 Å². The predicted molar refractivity (Wildman–Crippen MR) is 128 cm³/mol. The summed E-state index contributed by atoms with van der Waals surface area (Å²) in [6.07, 6.45) is 1.71. The number of amides is 1. The Morgan fingerprint density at radius 3 is 2.29 bits per heavy atom. The number of piperazine rings is 1. The van der Waals surface area contributed by atoms with Crippen LogP contribution < -0.4 is 10.5 Å². The van der Waals surface area contributed by atoms with E-state index >= 15 is 0 Å². The smallest absolute Gasteiger partial charge is 0.267 e. The van der Waals surface area contributed by atoms with Gasteiger partial charge in [-0.25, -0.2) is 9.07 Å². The van der Waals surface area contributed by atoms with Crippen molar-refractivity contribution in [2.24, 2.45) is 0 Å². The Hall–Kier alpha value is -4.47. The van der Waals surface area contributed by atoms with Gasteiger partial charge in [0, 0.05) is 44.0 Å². The summed E-state index contributed by atoms with van der Waals surface area (Å²) in [6.45, 7) is 2.03. The zero-order valence-corrected chi connectivity index (χ0v) is 18.8. The van der Waals surface area contributed by atoms with Crippen LogP contribution in [0.2, 0.25) is 0 Å². The summed E-state index contributed by atoms with van der Waals surface area (Å²) in [4.78, 5) is 33.2. The maximum atomic E-state index is 13.2. The summed E-state index contributed by atoms with van der Waals surface area (Å²) < 4.78 is 14.4. The largest absolute Gasteiger partial charge is 0.352 e. The first-order chi connectivity index (χ1) is 17.1. The Morgan fingerprint density at radius 1 is 0.829 bits per heavy atom. The Bertz CT molecular complexity index is 1370. The molecule has 0 unspecified atom stereocenters. The van der Waals surface area contributed by atoms with E-state index in [2.05, 4.69) is 25.2 Å². The molecule has 1 amide bonds. The molecular weight excluding hydrogens is 449 g/mol. The van der Waals surface area contributed by atoms with Crippen molar-refractivity contribution >= 4 is 11.7 Å². The normalized spacial score (nSPS) is 13.6. The van der Waals surface area contributed by atoms with Gasteiger partial charge in [-0.05, 0) is 54.6 Å². The first kappa shape index (κ1) is 22.3. The van der Waals surface area contributed by atoms with Crippen molar-refractivity contribution in [3.63, 3.8) is 0 Å². The number of halogens is 1. The van der Waals surface area contributed by atoms with Gasteiger partial charge < -0.3 is 9.80 Å². The fraction of sp³-hybridized carbons (Fsp3) is 0.200. The van der Waals surface area contributed by atoms with Crippen LogP contribution in [0.5, 0.6) is 0 Å². The molecule has 4 heterocycles. The highest BCUT2D eigenvalue weighted by Gasteiger charge is 2.23. The molecule has 1 saturated heterocycles. The van der Waals surface area contributed by atoms with Crippen LogP contribution in [0.3, 0.4) is 0 Å². The third kappa shape index (κ3) is 5.06. The van der Waals surface area contributed by atoms with E-state index in [9.17, 15) is 14.0 Å². The molecule has 176 valence electrons. The van der Waals surface area contributed by atoms with Crippen LogP contribution >= 0.6 is 0 Å². The second-order valence-electron chi connectivity index (χ2n) is 8.08. The average Bonchev–Trinajstić information content (AvgIpc) is 2.91. The molecule has 0 bridgehead atoms. The van der Waals surface area contributed by atoms with E-state index in [0.29, 0.717) is 43.1 Å². The number of hydrogen-bond donors (Lipinski definition) is 0. The summed E-state index contributed by atoms with van der Waals surface area (Å²) in [6, 6.07) is 18.2. The van der Waals surface area contributed by atoms with E-state index in [1.54, 1.807) is 29.3 Å². The zero-order chi connectivity index (χ0) is 24.2. The number of hydrogen-bond acceptors (Lipinski definition) is 7. The van der Waals surface area contributed by atoms with Crippen LogP contribution in [0.4, 0.5) is 10.2 Å². The van der Waals surface area contributed by atoms with E-state index in [1.807, 2.05) is 30.3 Å². The first-order valence-corrected chi connectivity index (χ1v) is 11.2. The van der Waals surface area contributed by atoms with E-state index in [0.717, 1.165) is 16.2 Å². The molecule has 1 fully saturated rings. The molecule has 0 spiro atoms. The lowest BCUT2D eigenvalue weighted by Crippen LogP contribution is -2.50. The summed E-state index contributed by atoms with van der Waals surface area (Å²) in [7, 11) is 0. The predicted octanol–water partition coefficient (Wildman–Crippen LogP) is 2.25. The fourth-order valence-electron chi connectivity index (χ4n) is 3.89. The maximum Gasteiger partial charge on any atom is 0.267 e. The summed E-state index contributed by atoms with van der Waals surface area (Å²) in [5.74, 6) is 0.195. The third-order valence-electron chi connectivity index (χ3n) is 5.83. The van der Waals surface area contributed by atoms with Crippen LogP contribution in [0.25, 0.3) is 22.6 Å². The van der Waals surface area contributed by atoms with Gasteiger partial charge in [0.05, 0.1) is 11.4 Å². The molecule has 4 aromatic rings. The first-order valence-electron chi connectivity index (χ1n) is 11.2. The minimum atomic E-state index is -0.369. The monoisotopic (exact) mass is 471 g/mol. The van der Waals surface area contributed by atoms with Crippen molar-refractivity contribution < 1.29 is 9.18 Å². The molecule has 0 N–H and O–H groups in total. The second-order valence-corrected chi connectivity index (χ2v) is 8.08. The molecule has 1 aromatic carbocycles. The number of pyridine rings is 1.